The molecule has 0 bridgehead atoms. The monoisotopic (exact) mass is 300 g/mol. The third-order valence-electron chi connectivity index (χ3n) is 4.66. The Hall–Kier alpha value is -1.55. The highest BCUT2D eigenvalue weighted by atomic mass is 15.2. The summed E-state index contributed by atoms with van der Waals surface area (Å²) in [5.41, 5.74) is 3.68. The van der Waals surface area contributed by atoms with E-state index in [1.54, 1.807) is 0 Å². The number of benzene rings is 1. The highest BCUT2D eigenvalue weighted by Crippen LogP contribution is 2.26. The summed E-state index contributed by atoms with van der Waals surface area (Å²) in [7, 11) is 2.19. The average Bonchev–Trinajstić information content (AvgIpc) is 2.96. The van der Waals surface area contributed by atoms with Crippen LogP contribution in [-0.2, 0) is 6.54 Å². The Labute approximate surface area is 133 Å². The molecule has 1 N–H and O–H groups in total. The molecule has 120 valence electrons. The van der Waals surface area contributed by atoms with Crippen molar-refractivity contribution in [3.63, 3.8) is 0 Å². The second-order valence-electron chi connectivity index (χ2n) is 6.54. The molecule has 1 aromatic heterocycles. The molecule has 2 heterocycles. The fourth-order valence-electron chi connectivity index (χ4n) is 3.30. The molecule has 0 amide bonds. The summed E-state index contributed by atoms with van der Waals surface area (Å²) in [6.07, 6.45) is 6.50. The molecule has 4 nitrogen and oxygen atoms in total. The Morgan fingerprint density at radius 3 is 2.82 bits per heavy atom. The number of H-pyrrole nitrogens is 1. The lowest BCUT2D eigenvalue weighted by Gasteiger charge is -2.28. The first-order chi connectivity index (χ1) is 10.8. The molecule has 1 aliphatic heterocycles. The van der Waals surface area contributed by atoms with Crippen LogP contribution < -0.4 is 4.90 Å². The molecule has 0 aliphatic carbocycles. The van der Waals surface area contributed by atoms with Crippen LogP contribution in [0.2, 0.25) is 0 Å². The number of fused-ring (bicyclic) bond motifs is 1. The molecule has 0 spiro atoms. The van der Waals surface area contributed by atoms with Crippen molar-refractivity contribution in [3.8, 4) is 0 Å². The van der Waals surface area contributed by atoms with Crippen LogP contribution in [0.5, 0.6) is 0 Å². The second-order valence-corrected chi connectivity index (χ2v) is 6.54. The second kappa shape index (κ2) is 7.14. The Morgan fingerprint density at radius 2 is 2.05 bits per heavy atom. The minimum Gasteiger partial charge on any atom is -0.372 e. The maximum Gasteiger partial charge on any atom is 0.0925 e. The standard InChI is InChI=1S/C18H28N4/c1-3-4-10-21(2)14-18-16-13-15(8-9-17(16)19-20-18)22-11-6-5-7-12-22/h8-9,13H,3-7,10-12,14H2,1-2H3,(H,19,20). The fraction of sp³-hybridized carbons (Fsp3) is 0.611. The van der Waals surface area contributed by atoms with E-state index in [1.165, 1.54) is 62.0 Å². The van der Waals surface area contributed by atoms with Crippen molar-refractivity contribution >= 4 is 16.6 Å². The third kappa shape index (κ3) is 3.43. The number of nitrogens with zero attached hydrogens (tertiary/aromatic N) is 3. The Kier molecular flexibility index (Phi) is 4.98. The van der Waals surface area contributed by atoms with Gasteiger partial charge in [-0.05, 0) is 57.5 Å². The van der Waals surface area contributed by atoms with E-state index in [0.717, 1.165) is 18.6 Å². The normalized spacial score (nSPS) is 15.9. The zero-order chi connectivity index (χ0) is 15.4. The lowest BCUT2D eigenvalue weighted by molar-refractivity contribution is 0.318. The van der Waals surface area contributed by atoms with Crippen molar-refractivity contribution in [2.24, 2.45) is 0 Å². The van der Waals surface area contributed by atoms with Gasteiger partial charge in [0, 0.05) is 30.7 Å². The molecule has 1 saturated heterocycles. The van der Waals surface area contributed by atoms with Gasteiger partial charge in [0.2, 0.25) is 0 Å². The van der Waals surface area contributed by atoms with Crippen molar-refractivity contribution in [2.45, 2.75) is 45.6 Å². The fourth-order valence-corrected chi connectivity index (χ4v) is 3.30. The lowest BCUT2D eigenvalue weighted by Crippen LogP contribution is -2.29. The summed E-state index contributed by atoms with van der Waals surface area (Å²) in [5, 5.41) is 8.99. The van der Waals surface area contributed by atoms with Crippen LogP contribution in [0.1, 0.15) is 44.7 Å². The lowest BCUT2D eigenvalue weighted by atomic mass is 10.1. The first kappa shape index (κ1) is 15.3. The molecule has 1 aliphatic rings. The zero-order valence-corrected chi connectivity index (χ0v) is 13.9. The molecular formula is C18H28N4. The molecule has 2 aromatic rings. The van der Waals surface area contributed by atoms with Crippen LogP contribution in [0, 0.1) is 0 Å². The van der Waals surface area contributed by atoms with Gasteiger partial charge >= 0.3 is 0 Å². The molecule has 0 radical (unpaired) electrons. The average molecular weight is 300 g/mol. The number of hydrogen-bond donors (Lipinski definition) is 1. The van der Waals surface area contributed by atoms with E-state index < -0.39 is 0 Å². The smallest absolute Gasteiger partial charge is 0.0925 e. The summed E-state index contributed by atoms with van der Waals surface area (Å²) in [5.74, 6) is 0. The molecule has 0 atom stereocenters. The molecule has 4 heteroatoms. The van der Waals surface area contributed by atoms with Crippen molar-refractivity contribution in [3.05, 3.63) is 23.9 Å². The number of aromatic amines is 1. The predicted octanol–water partition coefficient (Wildman–Crippen LogP) is 3.79. The third-order valence-corrected chi connectivity index (χ3v) is 4.66. The van der Waals surface area contributed by atoms with E-state index in [9.17, 15) is 0 Å². The van der Waals surface area contributed by atoms with Gasteiger partial charge in [-0.1, -0.05) is 13.3 Å². The van der Waals surface area contributed by atoms with Gasteiger partial charge < -0.3 is 9.80 Å². The van der Waals surface area contributed by atoms with Gasteiger partial charge in [0.1, 0.15) is 0 Å². The number of hydrogen-bond acceptors (Lipinski definition) is 3. The maximum atomic E-state index is 4.47. The summed E-state index contributed by atoms with van der Waals surface area (Å²) in [4.78, 5) is 4.89. The minimum atomic E-state index is 0.944. The van der Waals surface area contributed by atoms with E-state index in [0.29, 0.717) is 0 Å². The van der Waals surface area contributed by atoms with Crippen molar-refractivity contribution in [1.82, 2.24) is 15.1 Å². The molecule has 0 unspecified atom stereocenters. The maximum absolute atomic E-state index is 4.47. The number of unbranched alkanes of at least 4 members (excludes halogenated alkanes) is 1. The van der Waals surface area contributed by atoms with Gasteiger partial charge in [0.25, 0.3) is 0 Å². The molecule has 1 fully saturated rings. The van der Waals surface area contributed by atoms with E-state index in [1.807, 2.05) is 0 Å². The van der Waals surface area contributed by atoms with E-state index in [4.69, 9.17) is 0 Å². The number of aromatic nitrogens is 2. The number of nitrogens with one attached hydrogen (secondary N) is 1. The van der Waals surface area contributed by atoms with Crippen molar-refractivity contribution in [1.29, 1.82) is 0 Å². The van der Waals surface area contributed by atoms with Crippen LogP contribution in [0.25, 0.3) is 10.9 Å². The molecular weight excluding hydrogens is 272 g/mol. The van der Waals surface area contributed by atoms with Gasteiger partial charge in [0.05, 0.1) is 11.2 Å². The van der Waals surface area contributed by atoms with Crippen LogP contribution in [0.15, 0.2) is 18.2 Å². The van der Waals surface area contributed by atoms with Crippen LogP contribution in [0.3, 0.4) is 0 Å². The Morgan fingerprint density at radius 1 is 1.23 bits per heavy atom. The first-order valence-electron chi connectivity index (χ1n) is 8.68. The quantitative estimate of drug-likeness (QED) is 0.881. The Balaban J connectivity index is 1.79. The zero-order valence-electron chi connectivity index (χ0n) is 13.9. The molecule has 1 aromatic carbocycles. The topological polar surface area (TPSA) is 35.2 Å². The van der Waals surface area contributed by atoms with Gasteiger partial charge in [0.15, 0.2) is 0 Å². The van der Waals surface area contributed by atoms with Crippen molar-refractivity contribution < 1.29 is 0 Å². The first-order valence-corrected chi connectivity index (χ1v) is 8.68. The summed E-state index contributed by atoms with van der Waals surface area (Å²) < 4.78 is 0. The van der Waals surface area contributed by atoms with Crippen molar-refractivity contribution in [2.75, 3.05) is 31.6 Å². The van der Waals surface area contributed by atoms with Crippen LogP contribution >= 0.6 is 0 Å². The molecule has 22 heavy (non-hydrogen) atoms. The van der Waals surface area contributed by atoms with Crippen LogP contribution in [-0.4, -0.2) is 41.8 Å². The summed E-state index contributed by atoms with van der Waals surface area (Å²) >= 11 is 0. The highest BCUT2D eigenvalue weighted by molar-refractivity contribution is 5.85. The van der Waals surface area contributed by atoms with E-state index in [2.05, 4.69) is 52.2 Å². The number of piperidine rings is 1. The van der Waals surface area contributed by atoms with Gasteiger partial charge in [-0.3, -0.25) is 5.10 Å². The number of rotatable bonds is 6. The highest BCUT2D eigenvalue weighted by Gasteiger charge is 2.14. The van der Waals surface area contributed by atoms with Gasteiger partial charge in [-0.15, -0.1) is 0 Å². The van der Waals surface area contributed by atoms with Crippen LogP contribution in [0.4, 0.5) is 5.69 Å². The van der Waals surface area contributed by atoms with Gasteiger partial charge in [-0.2, -0.15) is 5.10 Å². The Bertz CT molecular complexity index is 598. The van der Waals surface area contributed by atoms with Gasteiger partial charge in [-0.25, -0.2) is 0 Å². The SMILES string of the molecule is CCCCN(C)Cc1[nH]nc2ccc(N3CCCCC3)cc12. The largest absolute Gasteiger partial charge is 0.372 e. The molecule has 3 rings (SSSR count). The molecule has 0 saturated carbocycles. The van der Waals surface area contributed by atoms with E-state index in [-0.39, 0.29) is 0 Å². The number of anilines is 1. The van der Waals surface area contributed by atoms with E-state index >= 15 is 0 Å². The summed E-state index contributed by atoms with van der Waals surface area (Å²) in [6.45, 7) is 6.71. The summed E-state index contributed by atoms with van der Waals surface area (Å²) in [6, 6.07) is 6.71. The minimum absolute atomic E-state index is 0.944. The predicted molar refractivity (Wildman–Crippen MR) is 93.4 cm³/mol.